The molecule has 0 amide bonds. The molecule has 0 saturated carbocycles. The number of benzene rings is 1. The lowest BCUT2D eigenvalue weighted by Crippen LogP contribution is -2.30. The Morgan fingerprint density at radius 2 is 2.05 bits per heavy atom. The van der Waals surface area contributed by atoms with E-state index in [1.165, 1.54) is 29.4 Å². The fourth-order valence-electron chi connectivity index (χ4n) is 3.23. The molecule has 0 spiro atoms. The molecule has 1 atom stereocenters. The molecule has 22 heavy (non-hydrogen) atoms. The van der Waals surface area contributed by atoms with Crippen molar-refractivity contribution in [2.24, 2.45) is 5.73 Å². The molecule has 1 aromatic heterocycles. The lowest BCUT2D eigenvalue weighted by molar-refractivity contribution is 0.391. The van der Waals surface area contributed by atoms with E-state index in [1.807, 2.05) is 19.1 Å². The molecule has 0 fully saturated rings. The van der Waals surface area contributed by atoms with Gasteiger partial charge in [0.1, 0.15) is 0 Å². The highest BCUT2D eigenvalue weighted by atomic mass is 16.5. The summed E-state index contributed by atoms with van der Waals surface area (Å²) in [6.07, 6.45) is 4.49. The zero-order valence-electron chi connectivity index (χ0n) is 13.1. The van der Waals surface area contributed by atoms with Gasteiger partial charge in [0, 0.05) is 17.5 Å². The van der Waals surface area contributed by atoms with Crippen molar-refractivity contribution in [1.82, 2.24) is 4.98 Å². The highest BCUT2D eigenvalue weighted by Crippen LogP contribution is 2.35. The van der Waals surface area contributed by atoms with Gasteiger partial charge in [-0.15, -0.1) is 0 Å². The smallest absolute Gasteiger partial charge is 0.217 e. The highest BCUT2D eigenvalue weighted by molar-refractivity contribution is 5.85. The summed E-state index contributed by atoms with van der Waals surface area (Å²) in [7, 11) is 1.67. The van der Waals surface area contributed by atoms with E-state index in [1.54, 1.807) is 7.11 Å². The monoisotopic (exact) mass is 295 g/mol. The molecular weight excluding hydrogens is 274 g/mol. The number of nitrogens with two attached hydrogens (primary N) is 1. The van der Waals surface area contributed by atoms with E-state index in [2.05, 4.69) is 17.1 Å². The summed E-state index contributed by atoms with van der Waals surface area (Å²) < 4.78 is 5.50. The largest absolute Gasteiger partial charge is 0.481 e. The second-order valence-electron chi connectivity index (χ2n) is 6.17. The first-order valence-corrected chi connectivity index (χ1v) is 7.74. The molecule has 4 heteroatoms. The molecule has 1 aliphatic carbocycles. The molecule has 1 aliphatic rings. The van der Waals surface area contributed by atoms with Gasteiger partial charge in [0.05, 0.1) is 24.1 Å². The Bertz CT molecular complexity index is 763. The highest BCUT2D eigenvalue weighted by Gasteiger charge is 2.26. The van der Waals surface area contributed by atoms with Crippen LogP contribution in [0.2, 0.25) is 0 Å². The van der Waals surface area contributed by atoms with Crippen LogP contribution in [0.4, 0.5) is 0 Å². The number of pyridine rings is 1. The van der Waals surface area contributed by atoms with Crippen LogP contribution in [-0.4, -0.2) is 18.6 Å². The number of nitrogens with zero attached hydrogens (tertiary/aromatic N) is 2. The molecule has 0 saturated heterocycles. The minimum atomic E-state index is -0.682. The van der Waals surface area contributed by atoms with Crippen LogP contribution in [0.5, 0.6) is 5.88 Å². The van der Waals surface area contributed by atoms with Crippen molar-refractivity contribution >= 4 is 10.9 Å². The third kappa shape index (κ3) is 2.22. The molecule has 1 aromatic carbocycles. The fraction of sp³-hybridized carbons (Fsp3) is 0.444. The Morgan fingerprint density at radius 3 is 2.68 bits per heavy atom. The maximum Gasteiger partial charge on any atom is 0.217 e. The van der Waals surface area contributed by atoms with E-state index < -0.39 is 5.41 Å². The quantitative estimate of drug-likeness (QED) is 0.945. The predicted octanol–water partition coefficient (Wildman–Crippen LogP) is 2.86. The van der Waals surface area contributed by atoms with Gasteiger partial charge in [0.15, 0.2) is 0 Å². The fourth-order valence-corrected chi connectivity index (χ4v) is 3.23. The average Bonchev–Trinajstić information content (AvgIpc) is 2.59. The van der Waals surface area contributed by atoms with E-state index in [0.29, 0.717) is 0 Å². The van der Waals surface area contributed by atoms with Gasteiger partial charge in [0.2, 0.25) is 5.88 Å². The number of nitriles is 1. The van der Waals surface area contributed by atoms with Crippen molar-refractivity contribution < 1.29 is 4.74 Å². The Kier molecular flexibility index (Phi) is 3.76. The van der Waals surface area contributed by atoms with Crippen molar-refractivity contribution in [1.29, 1.82) is 5.26 Å². The number of aryl methyl sites for hydroxylation is 1. The van der Waals surface area contributed by atoms with Crippen molar-refractivity contribution in [3.8, 4) is 11.9 Å². The van der Waals surface area contributed by atoms with Crippen molar-refractivity contribution in [2.45, 2.75) is 38.0 Å². The molecule has 0 radical (unpaired) electrons. The van der Waals surface area contributed by atoms with Crippen LogP contribution in [0.3, 0.4) is 0 Å². The van der Waals surface area contributed by atoms with Gasteiger partial charge < -0.3 is 10.5 Å². The summed E-state index contributed by atoms with van der Waals surface area (Å²) in [5.41, 5.74) is 9.52. The Labute approximate surface area is 130 Å². The van der Waals surface area contributed by atoms with E-state index in [0.717, 1.165) is 29.8 Å². The van der Waals surface area contributed by atoms with Crippen LogP contribution in [0.1, 0.15) is 36.5 Å². The van der Waals surface area contributed by atoms with E-state index in [4.69, 9.17) is 10.5 Å². The minimum Gasteiger partial charge on any atom is -0.481 e. The second kappa shape index (κ2) is 5.58. The molecule has 2 N–H and O–H groups in total. The number of aromatic nitrogens is 1. The number of ether oxygens (including phenoxy) is 1. The third-order valence-electron chi connectivity index (χ3n) is 4.76. The molecule has 114 valence electrons. The van der Waals surface area contributed by atoms with Gasteiger partial charge in [-0.25, -0.2) is 4.98 Å². The standard InChI is InChI=1S/C18H21N3O/c1-18(10-19,11-20)12-7-8-14-13-5-3-4-6-15(13)17(22-2)21-16(14)9-12/h7-9H,3-6,10,19H2,1-2H3. The summed E-state index contributed by atoms with van der Waals surface area (Å²) in [6, 6.07) is 8.41. The number of methoxy groups -OCH3 is 1. The van der Waals surface area contributed by atoms with Crippen molar-refractivity contribution in [3.05, 3.63) is 34.9 Å². The maximum atomic E-state index is 9.43. The van der Waals surface area contributed by atoms with Crippen LogP contribution in [0, 0.1) is 11.3 Å². The molecule has 0 bridgehead atoms. The zero-order valence-corrected chi connectivity index (χ0v) is 13.1. The van der Waals surface area contributed by atoms with Gasteiger partial charge >= 0.3 is 0 Å². The van der Waals surface area contributed by atoms with Crippen LogP contribution in [0.25, 0.3) is 10.9 Å². The third-order valence-corrected chi connectivity index (χ3v) is 4.76. The Morgan fingerprint density at radius 1 is 1.32 bits per heavy atom. The van der Waals surface area contributed by atoms with Crippen LogP contribution in [-0.2, 0) is 18.3 Å². The van der Waals surface area contributed by atoms with Crippen LogP contribution < -0.4 is 10.5 Å². The average molecular weight is 295 g/mol. The maximum absolute atomic E-state index is 9.43. The van der Waals surface area contributed by atoms with Crippen LogP contribution >= 0.6 is 0 Å². The molecule has 3 rings (SSSR count). The summed E-state index contributed by atoms with van der Waals surface area (Å²) in [5, 5.41) is 10.6. The minimum absolute atomic E-state index is 0.289. The SMILES string of the molecule is COc1nc2cc(C(C)(C#N)CN)ccc2c2c1CCCC2. The van der Waals surface area contributed by atoms with Gasteiger partial charge in [-0.2, -0.15) is 5.26 Å². The van der Waals surface area contributed by atoms with Crippen LogP contribution in [0.15, 0.2) is 18.2 Å². The summed E-state index contributed by atoms with van der Waals surface area (Å²) in [5.74, 6) is 0.728. The molecule has 0 aliphatic heterocycles. The molecule has 1 heterocycles. The molecule has 1 unspecified atom stereocenters. The Balaban J connectivity index is 2.24. The van der Waals surface area contributed by atoms with E-state index >= 15 is 0 Å². The number of rotatable bonds is 3. The van der Waals surface area contributed by atoms with E-state index in [9.17, 15) is 5.26 Å². The van der Waals surface area contributed by atoms with Gasteiger partial charge in [-0.05, 0) is 49.8 Å². The van der Waals surface area contributed by atoms with Crippen molar-refractivity contribution in [2.75, 3.05) is 13.7 Å². The van der Waals surface area contributed by atoms with Gasteiger partial charge in [-0.1, -0.05) is 12.1 Å². The summed E-state index contributed by atoms with van der Waals surface area (Å²) >= 11 is 0. The number of fused-ring (bicyclic) bond motifs is 3. The molecule has 4 nitrogen and oxygen atoms in total. The van der Waals surface area contributed by atoms with Gasteiger partial charge in [0.25, 0.3) is 0 Å². The number of hydrogen-bond donors (Lipinski definition) is 1. The molecular formula is C18H21N3O. The first-order valence-electron chi connectivity index (χ1n) is 7.74. The summed E-state index contributed by atoms with van der Waals surface area (Å²) in [4.78, 5) is 4.68. The number of hydrogen-bond acceptors (Lipinski definition) is 4. The zero-order chi connectivity index (χ0) is 15.7. The Hall–Kier alpha value is -2.12. The second-order valence-corrected chi connectivity index (χ2v) is 6.17. The van der Waals surface area contributed by atoms with E-state index in [-0.39, 0.29) is 6.54 Å². The normalized spacial score (nSPS) is 16.6. The van der Waals surface area contributed by atoms with Crippen molar-refractivity contribution in [3.63, 3.8) is 0 Å². The first-order chi connectivity index (χ1) is 10.6. The lowest BCUT2D eigenvalue weighted by Gasteiger charge is -2.23. The topological polar surface area (TPSA) is 71.9 Å². The molecule has 2 aromatic rings. The van der Waals surface area contributed by atoms with Gasteiger partial charge in [-0.3, -0.25) is 0 Å². The predicted molar refractivity (Wildman–Crippen MR) is 87.0 cm³/mol. The summed E-state index contributed by atoms with van der Waals surface area (Å²) in [6.45, 7) is 2.15. The lowest BCUT2D eigenvalue weighted by atomic mass is 9.82. The first kappa shape index (κ1) is 14.8.